The summed E-state index contributed by atoms with van der Waals surface area (Å²) in [7, 11) is 1.77. The molecule has 1 aliphatic carbocycles. The number of thioether (sulfide) groups is 1. The average Bonchev–Trinajstić information content (AvgIpc) is 2.86. The number of nitrogens with zero attached hydrogens (tertiary/aromatic N) is 2. The lowest BCUT2D eigenvalue weighted by molar-refractivity contribution is 0.0933. The van der Waals surface area contributed by atoms with Gasteiger partial charge < -0.3 is 10.6 Å². The van der Waals surface area contributed by atoms with E-state index < -0.39 is 0 Å². The number of carbonyl (C=O) groups excluding carboxylic acids is 1. The molecule has 2 atom stereocenters. The summed E-state index contributed by atoms with van der Waals surface area (Å²) in [6.07, 6.45) is 8.58. The molecule has 2 rings (SSSR count). The first-order chi connectivity index (χ1) is 8.74. The lowest BCUT2D eigenvalue weighted by Crippen LogP contribution is -2.39. The van der Waals surface area contributed by atoms with Crippen LogP contribution in [0.1, 0.15) is 29.8 Å². The van der Waals surface area contributed by atoms with E-state index in [4.69, 9.17) is 0 Å². The van der Waals surface area contributed by atoms with Crippen molar-refractivity contribution in [2.45, 2.75) is 30.6 Å². The number of aromatic nitrogens is 2. The Labute approximate surface area is 111 Å². The van der Waals surface area contributed by atoms with Crippen molar-refractivity contribution in [2.75, 3.05) is 18.6 Å². The minimum atomic E-state index is -0.129. The highest BCUT2D eigenvalue weighted by Crippen LogP contribution is 2.28. The van der Waals surface area contributed by atoms with Gasteiger partial charge in [0.2, 0.25) is 0 Å². The molecule has 1 aromatic heterocycles. The van der Waals surface area contributed by atoms with E-state index in [9.17, 15) is 4.79 Å². The van der Waals surface area contributed by atoms with Crippen LogP contribution in [0.25, 0.3) is 0 Å². The quantitative estimate of drug-likeness (QED) is 0.865. The van der Waals surface area contributed by atoms with Crippen molar-refractivity contribution >= 4 is 23.5 Å². The van der Waals surface area contributed by atoms with Gasteiger partial charge in [0.25, 0.3) is 5.91 Å². The van der Waals surface area contributed by atoms with Crippen LogP contribution in [0.4, 0.5) is 5.82 Å². The Balaban J connectivity index is 1.98. The molecule has 1 aromatic rings. The zero-order valence-corrected chi connectivity index (χ0v) is 11.5. The van der Waals surface area contributed by atoms with Gasteiger partial charge in [0.1, 0.15) is 11.5 Å². The molecular weight excluding hydrogens is 248 g/mol. The number of nitrogens with one attached hydrogen (secondary N) is 2. The van der Waals surface area contributed by atoms with Gasteiger partial charge in [-0.15, -0.1) is 0 Å². The zero-order valence-electron chi connectivity index (χ0n) is 10.6. The van der Waals surface area contributed by atoms with Gasteiger partial charge in [0, 0.05) is 18.3 Å². The molecule has 2 unspecified atom stereocenters. The number of carbonyl (C=O) groups is 1. The third-order valence-electron chi connectivity index (χ3n) is 3.21. The minimum Gasteiger partial charge on any atom is -0.372 e. The molecule has 5 nitrogen and oxygen atoms in total. The molecule has 18 heavy (non-hydrogen) atoms. The largest absolute Gasteiger partial charge is 0.372 e. The summed E-state index contributed by atoms with van der Waals surface area (Å²) in [5, 5.41) is 6.45. The van der Waals surface area contributed by atoms with E-state index in [1.165, 1.54) is 19.0 Å². The summed E-state index contributed by atoms with van der Waals surface area (Å²) in [5.41, 5.74) is 0.376. The minimum absolute atomic E-state index is 0.129. The Hall–Kier alpha value is -1.30. The van der Waals surface area contributed by atoms with Gasteiger partial charge in [-0.05, 0) is 19.1 Å². The molecule has 0 spiro atoms. The lowest BCUT2D eigenvalue weighted by Gasteiger charge is -2.18. The van der Waals surface area contributed by atoms with E-state index in [1.807, 2.05) is 11.8 Å². The number of amides is 1. The van der Waals surface area contributed by atoms with Crippen LogP contribution in [-0.2, 0) is 0 Å². The van der Waals surface area contributed by atoms with E-state index in [-0.39, 0.29) is 11.9 Å². The monoisotopic (exact) mass is 266 g/mol. The smallest absolute Gasteiger partial charge is 0.271 e. The molecule has 1 fully saturated rings. The SMILES string of the molecule is CNc1cnc(C(=O)NC2CCCC2SC)cn1. The van der Waals surface area contributed by atoms with Crippen molar-refractivity contribution in [3.05, 3.63) is 18.1 Å². The third-order valence-corrected chi connectivity index (χ3v) is 4.38. The Kier molecular flexibility index (Phi) is 4.41. The van der Waals surface area contributed by atoms with Crippen molar-refractivity contribution in [1.29, 1.82) is 0 Å². The van der Waals surface area contributed by atoms with Crippen molar-refractivity contribution in [2.24, 2.45) is 0 Å². The first-order valence-corrected chi connectivity index (χ1v) is 7.37. The van der Waals surface area contributed by atoms with Crippen LogP contribution in [0.15, 0.2) is 12.4 Å². The number of hydrogen-bond donors (Lipinski definition) is 2. The number of hydrogen-bond acceptors (Lipinski definition) is 5. The molecule has 1 aliphatic rings. The Morgan fingerprint density at radius 1 is 1.39 bits per heavy atom. The highest BCUT2D eigenvalue weighted by molar-refractivity contribution is 7.99. The number of anilines is 1. The Morgan fingerprint density at radius 2 is 2.22 bits per heavy atom. The van der Waals surface area contributed by atoms with Gasteiger partial charge in [-0.2, -0.15) is 11.8 Å². The van der Waals surface area contributed by atoms with E-state index in [0.29, 0.717) is 16.8 Å². The maximum absolute atomic E-state index is 12.0. The van der Waals surface area contributed by atoms with Crippen LogP contribution in [0.5, 0.6) is 0 Å². The van der Waals surface area contributed by atoms with Crippen LogP contribution in [0.2, 0.25) is 0 Å². The fourth-order valence-corrected chi connectivity index (χ4v) is 3.13. The molecular formula is C12H18N4OS. The van der Waals surface area contributed by atoms with Crippen molar-refractivity contribution in [1.82, 2.24) is 15.3 Å². The maximum atomic E-state index is 12.0. The summed E-state index contributed by atoms with van der Waals surface area (Å²) >= 11 is 1.82. The second-order valence-corrected chi connectivity index (χ2v) is 5.40. The van der Waals surface area contributed by atoms with E-state index >= 15 is 0 Å². The predicted octanol–water partition coefficient (Wildman–Crippen LogP) is 1.53. The molecule has 1 amide bonds. The van der Waals surface area contributed by atoms with Crippen LogP contribution in [0, 0.1) is 0 Å². The van der Waals surface area contributed by atoms with Crippen LogP contribution >= 0.6 is 11.8 Å². The van der Waals surface area contributed by atoms with E-state index in [2.05, 4.69) is 26.9 Å². The first-order valence-electron chi connectivity index (χ1n) is 6.08. The summed E-state index contributed by atoms with van der Waals surface area (Å²) in [4.78, 5) is 20.2. The molecule has 0 saturated heterocycles. The molecule has 2 N–H and O–H groups in total. The predicted molar refractivity (Wildman–Crippen MR) is 74.0 cm³/mol. The normalized spacial score (nSPS) is 22.8. The molecule has 98 valence electrons. The molecule has 0 aromatic carbocycles. The lowest BCUT2D eigenvalue weighted by atomic mass is 10.2. The maximum Gasteiger partial charge on any atom is 0.271 e. The molecule has 6 heteroatoms. The standard InChI is InChI=1S/C12H18N4OS/c1-13-11-7-14-9(6-15-11)12(17)16-8-4-3-5-10(8)18-2/h6-8,10H,3-5H2,1-2H3,(H,13,15)(H,16,17). The van der Waals surface area contributed by atoms with Crippen LogP contribution in [-0.4, -0.2) is 40.5 Å². The van der Waals surface area contributed by atoms with E-state index in [1.54, 1.807) is 13.2 Å². The van der Waals surface area contributed by atoms with Crippen molar-refractivity contribution in [3.8, 4) is 0 Å². The first kappa shape index (κ1) is 13.1. The average molecular weight is 266 g/mol. The second kappa shape index (κ2) is 6.04. The van der Waals surface area contributed by atoms with Gasteiger partial charge in [-0.3, -0.25) is 4.79 Å². The zero-order chi connectivity index (χ0) is 13.0. The fourth-order valence-electron chi connectivity index (χ4n) is 2.19. The highest BCUT2D eigenvalue weighted by Gasteiger charge is 2.28. The molecule has 0 aliphatic heterocycles. The molecule has 0 bridgehead atoms. The van der Waals surface area contributed by atoms with Crippen molar-refractivity contribution < 1.29 is 4.79 Å². The summed E-state index contributed by atoms with van der Waals surface area (Å²) < 4.78 is 0. The molecule has 1 heterocycles. The summed E-state index contributed by atoms with van der Waals surface area (Å²) in [6.45, 7) is 0. The van der Waals surface area contributed by atoms with Gasteiger partial charge >= 0.3 is 0 Å². The summed E-state index contributed by atoms with van der Waals surface area (Å²) in [6, 6.07) is 0.262. The topological polar surface area (TPSA) is 66.9 Å². The Morgan fingerprint density at radius 3 is 2.83 bits per heavy atom. The van der Waals surface area contributed by atoms with Gasteiger partial charge in [-0.25, -0.2) is 9.97 Å². The van der Waals surface area contributed by atoms with Gasteiger partial charge in [0.15, 0.2) is 0 Å². The fraction of sp³-hybridized carbons (Fsp3) is 0.583. The third kappa shape index (κ3) is 2.93. The number of rotatable bonds is 4. The van der Waals surface area contributed by atoms with Crippen molar-refractivity contribution in [3.63, 3.8) is 0 Å². The second-order valence-electron chi connectivity index (χ2n) is 4.32. The highest BCUT2D eigenvalue weighted by atomic mass is 32.2. The van der Waals surface area contributed by atoms with E-state index in [0.717, 1.165) is 6.42 Å². The molecule has 1 saturated carbocycles. The molecule has 0 radical (unpaired) electrons. The van der Waals surface area contributed by atoms with Gasteiger partial charge in [0.05, 0.1) is 12.4 Å². The van der Waals surface area contributed by atoms with Gasteiger partial charge in [-0.1, -0.05) is 6.42 Å². The van der Waals surface area contributed by atoms with Crippen LogP contribution < -0.4 is 10.6 Å². The van der Waals surface area contributed by atoms with Crippen LogP contribution in [0.3, 0.4) is 0 Å². The summed E-state index contributed by atoms with van der Waals surface area (Å²) in [5.74, 6) is 0.533. The Bertz CT molecular complexity index is 409.